The van der Waals surface area contributed by atoms with E-state index in [1.54, 1.807) is 0 Å². The first-order chi connectivity index (χ1) is 7.78. The smallest absolute Gasteiger partial charge is 0.0718 e. The van der Waals surface area contributed by atoms with E-state index in [1.807, 2.05) is 13.8 Å². The molecule has 0 radical (unpaired) electrons. The molecule has 0 amide bonds. The van der Waals surface area contributed by atoms with Gasteiger partial charge in [0.25, 0.3) is 0 Å². The molecule has 0 aromatic heterocycles. The molecule has 0 unspecified atom stereocenters. The monoisotopic (exact) mass is 235 g/mol. The van der Waals surface area contributed by atoms with Gasteiger partial charge in [0.2, 0.25) is 0 Å². The molecule has 0 spiro atoms. The van der Waals surface area contributed by atoms with Crippen molar-refractivity contribution in [3.8, 4) is 0 Å². The number of aliphatic hydroxyl groups is 1. The van der Waals surface area contributed by atoms with Crippen molar-refractivity contribution in [3.05, 3.63) is 34.9 Å². The maximum absolute atomic E-state index is 9.73. The number of hydrogen-bond donors (Lipinski definition) is 1. The zero-order valence-electron chi connectivity index (χ0n) is 11.7. The lowest BCUT2D eigenvalue weighted by molar-refractivity contribution is 0.0450. The van der Waals surface area contributed by atoms with Crippen LogP contribution < -0.4 is 0 Å². The van der Waals surface area contributed by atoms with Gasteiger partial charge in [0, 0.05) is 13.1 Å². The van der Waals surface area contributed by atoms with Crippen molar-refractivity contribution in [2.24, 2.45) is 0 Å². The zero-order valence-corrected chi connectivity index (χ0v) is 11.7. The van der Waals surface area contributed by atoms with Crippen molar-refractivity contribution >= 4 is 0 Å². The van der Waals surface area contributed by atoms with Crippen LogP contribution in [0.3, 0.4) is 0 Å². The summed E-state index contributed by atoms with van der Waals surface area (Å²) in [5.41, 5.74) is 3.47. The van der Waals surface area contributed by atoms with Gasteiger partial charge in [-0.25, -0.2) is 0 Å². The average molecular weight is 235 g/mol. The summed E-state index contributed by atoms with van der Waals surface area (Å²) in [6.45, 7) is 9.67. The Bertz CT molecular complexity index is 366. The molecular weight excluding hydrogens is 210 g/mol. The Hall–Kier alpha value is -0.860. The summed E-state index contributed by atoms with van der Waals surface area (Å²) in [6.07, 6.45) is 1.04. The van der Waals surface area contributed by atoms with Crippen LogP contribution >= 0.6 is 0 Å². The van der Waals surface area contributed by atoms with E-state index >= 15 is 0 Å². The lowest BCUT2D eigenvalue weighted by Gasteiger charge is -2.25. The number of hydrogen-bond acceptors (Lipinski definition) is 2. The van der Waals surface area contributed by atoms with Gasteiger partial charge in [-0.3, -0.25) is 0 Å². The molecule has 17 heavy (non-hydrogen) atoms. The zero-order chi connectivity index (χ0) is 13.1. The average Bonchev–Trinajstić information content (AvgIpc) is 2.13. The van der Waals surface area contributed by atoms with Crippen LogP contribution in [0.1, 0.15) is 30.5 Å². The van der Waals surface area contributed by atoms with Crippen LogP contribution in [0.2, 0.25) is 0 Å². The van der Waals surface area contributed by atoms with Crippen LogP contribution in [-0.2, 0) is 6.42 Å². The van der Waals surface area contributed by atoms with E-state index in [2.05, 4.69) is 44.0 Å². The fraction of sp³-hybridized carbons (Fsp3) is 0.600. The van der Waals surface area contributed by atoms with Crippen LogP contribution in [0.25, 0.3) is 0 Å². The Kier molecular flexibility index (Phi) is 4.72. The van der Waals surface area contributed by atoms with Gasteiger partial charge in [0.15, 0.2) is 0 Å². The Morgan fingerprint density at radius 3 is 2.41 bits per heavy atom. The van der Waals surface area contributed by atoms with Crippen LogP contribution in [0.5, 0.6) is 0 Å². The maximum atomic E-state index is 9.73. The van der Waals surface area contributed by atoms with Gasteiger partial charge in [0.05, 0.1) is 5.60 Å². The summed E-state index contributed by atoms with van der Waals surface area (Å²) >= 11 is 0. The van der Waals surface area contributed by atoms with Gasteiger partial charge in [-0.2, -0.15) is 0 Å². The highest BCUT2D eigenvalue weighted by Gasteiger charge is 2.15. The van der Waals surface area contributed by atoms with E-state index in [0.29, 0.717) is 6.54 Å². The first-order valence-electron chi connectivity index (χ1n) is 6.25. The molecule has 1 aromatic carbocycles. The molecule has 1 rings (SSSR count). The summed E-state index contributed by atoms with van der Waals surface area (Å²) in [5.74, 6) is 0. The molecule has 0 aliphatic heterocycles. The van der Waals surface area contributed by atoms with E-state index in [-0.39, 0.29) is 0 Å². The lowest BCUT2D eigenvalue weighted by atomic mass is 10.0. The summed E-state index contributed by atoms with van der Waals surface area (Å²) in [4.78, 5) is 2.18. The van der Waals surface area contributed by atoms with Gasteiger partial charge in [-0.15, -0.1) is 0 Å². The van der Waals surface area contributed by atoms with Crippen molar-refractivity contribution in [2.75, 3.05) is 20.1 Å². The standard InChI is InChI=1S/C15H25NO/c1-12-6-7-14(13(2)10-12)8-9-16(5)11-15(3,4)17/h6-7,10,17H,8-9,11H2,1-5H3. The second-order valence-electron chi connectivity index (χ2n) is 5.73. The van der Waals surface area contributed by atoms with Crippen LogP contribution in [-0.4, -0.2) is 35.7 Å². The minimum atomic E-state index is -0.614. The summed E-state index contributed by atoms with van der Waals surface area (Å²) < 4.78 is 0. The second-order valence-corrected chi connectivity index (χ2v) is 5.73. The highest BCUT2D eigenvalue weighted by Crippen LogP contribution is 2.12. The molecule has 2 heteroatoms. The first-order valence-corrected chi connectivity index (χ1v) is 6.25. The van der Waals surface area contributed by atoms with Gasteiger partial charge >= 0.3 is 0 Å². The second kappa shape index (κ2) is 5.65. The molecule has 0 aliphatic rings. The largest absolute Gasteiger partial charge is 0.389 e. The molecule has 0 aliphatic carbocycles. The SMILES string of the molecule is Cc1ccc(CCN(C)CC(C)(C)O)c(C)c1. The van der Waals surface area contributed by atoms with E-state index in [9.17, 15) is 5.11 Å². The van der Waals surface area contributed by atoms with Crippen molar-refractivity contribution < 1.29 is 5.11 Å². The molecule has 0 fully saturated rings. The number of nitrogens with zero attached hydrogens (tertiary/aromatic N) is 1. The van der Waals surface area contributed by atoms with Crippen LogP contribution in [0, 0.1) is 13.8 Å². The van der Waals surface area contributed by atoms with E-state index in [4.69, 9.17) is 0 Å². The number of rotatable bonds is 5. The molecule has 0 saturated heterocycles. The first kappa shape index (κ1) is 14.2. The molecule has 0 bridgehead atoms. The minimum absolute atomic E-state index is 0.614. The molecule has 96 valence electrons. The molecular formula is C15H25NO. The highest BCUT2D eigenvalue weighted by molar-refractivity contribution is 5.30. The topological polar surface area (TPSA) is 23.5 Å². The lowest BCUT2D eigenvalue weighted by Crippen LogP contribution is -2.37. The van der Waals surface area contributed by atoms with Gasteiger partial charge in [-0.1, -0.05) is 23.8 Å². The quantitative estimate of drug-likeness (QED) is 0.848. The fourth-order valence-electron chi connectivity index (χ4n) is 2.18. The third kappa shape index (κ3) is 5.33. The molecule has 1 N–H and O–H groups in total. The van der Waals surface area contributed by atoms with Crippen LogP contribution in [0.15, 0.2) is 18.2 Å². The Morgan fingerprint density at radius 1 is 1.24 bits per heavy atom. The van der Waals surface area contributed by atoms with Crippen molar-refractivity contribution in [1.82, 2.24) is 4.90 Å². The van der Waals surface area contributed by atoms with E-state index in [0.717, 1.165) is 13.0 Å². The predicted molar refractivity (Wildman–Crippen MR) is 73.4 cm³/mol. The fourth-order valence-corrected chi connectivity index (χ4v) is 2.18. The van der Waals surface area contributed by atoms with E-state index < -0.39 is 5.60 Å². The number of benzene rings is 1. The molecule has 0 heterocycles. The Balaban J connectivity index is 2.50. The maximum Gasteiger partial charge on any atom is 0.0718 e. The highest BCUT2D eigenvalue weighted by atomic mass is 16.3. The van der Waals surface area contributed by atoms with Gasteiger partial charge in [0.1, 0.15) is 0 Å². The van der Waals surface area contributed by atoms with Crippen LogP contribution in [0.4, 0.5) is 0 Å². The molecule has 2 nitrogen and oxygen atoms in total. The Labute approximate surface area is 105 Å². The van der Waals surface area contributed by atoms with Gasteiger partial charge in [-0.05, 0) is 52.3 Å². The molecule has 1 aromatic rings. The van der Waals surface area contributed by atoms with Gasteiger partial charge < -0.3 is 10.0 Å². The summed E-state index contributed by atoms with van der Waals surface area (Å²) in [5, 5.41) is 9.73. The number of aryl methyl sites for hydroxylation is 2. The minimum Gasteiger partial charge on any atom is -0.389 e. The summed E-state index contributed by atoms with van der Waals surface area (Å²) in [6, 6.07) is 6.60. The predicted octanol–water partition coefficient (Wildman–Crippen LogP) is 2.55. The Morgan fingerprint density at radius 2 is 1.88 bits per heavy atom. The van der Waals surface area contributed by atoms with Crippen molar-refractivity contribution in [1.29, 1.82) is 0 Å². The summed E-state index contributed by atoms with van der Waals surface area (Å²) in [7, 11) is 2.06. The third-order valence-corrected chi connectivity index (χ3v) is 2.92. The van der Waals surface area contributed by atoms with E-state index in [1.165, 1.54) is 16.7 Å². The van der Waals surface area contributed by atoms with Crippen molar-refractivity contribution in [2.45, 2.75) is 39.7 Å². The molecule has 0 atom stereocenters. The third-order valence-electron chi connectivity index (χ3n) is 2.92. The number of likely N-dealkylation sites (N-methyl/N-ethyl adjacent to an activating group) is 1. The van der Waals surface area contributed by atoms with Crippen molar-refractivity contribution in [3.63, 3.8) is 0 Å². The molecule has 0 saturated carbocycles. The normalized spacial score (nSPS) is 12.2.